The average molecular weight is 469 g/mol. The molecule has 1 fully saturated rings. The van der Waals surface area contributed by atoms with Crippen molar-refractivity contribution in [3.63, 3.8) is 0 Å². The maximum atomic E-state index is 12.5. The van der Waals surface area contributed by atoms with E-state index in [2.05, 4.69) is 31.5 Å². The molecule has 0 saturated heterocycles. The van der Waals surface area contributed by atoms with Gasteiger partial charge < -0.3 is 15.5 Å². The minimum atomic E-state index is -0.0753. The molecular weight excluding hydrogens is 444 g/mol. The molecule has 7 nitrogen and oxygen atoms in total. The van der Waals surface area contributed by atoms with Crippen LogP contribution in [0.15, 0.2) is 47.2 Å². The van der Waals surface area contributed by atoms with Crippen LogP contribution in [0.25, 0.3) is 10.9 Å². The maximum absolute atomic E-state index is 12.5. The monoisotopic (exact) mass is 468 g/mol. The van der Waals surface area contributed by atoms with Crippen molar-refractivity contribution in [3.8, 4) is 0 Å². The second-order valence-electron chi connectivity index (χ2n) is 7.84. The van der Waals surface area contributed by atoms with Gasteiger partial charge in [-0.2, -0.15) is 4.98 Å². The summed E-state index contributed by atoms with van der Waals surface area (Å²) in [4.78, 5) is 28.0. The van der Waals surface area contributed by atoms with Crippen molar-refractivity contribution in [1.82, 2.24) is 20.3 Å². The first-order valence-corrected chi connectivity index (χ1v) is 10.9. The summed E-state index contributed by atoms with van der Waals surface area (Å²) in [6.45, 7) is 0. The molecule has 1 saturated carbocycles. The molecule has 0 unspecified atom stereocenters. The molecule has 3 aromatic rings. The Morgan fingerprint density at radius 1 is 1.07 bits per heavy atom. The molecule has 0 bridgehead atoms. The highest BCUT2D eigenvalue weighted by Gasteiger charge is 2.24. The van der Waals surface area contributed by atoms with Crippen LogP contribution in [0, 0.1) is 0 Å². The molecule has 156 valence electrons. The highest BCUT2D eigenvalue weighted by molar-refractivity contribution is 9.10. The predicted octanol–water partition coefficient (Wildman–Crippen LogP) is 4.01. The van der Waals surface area contributed by atoms with Gasteiger partial charge in [0.25, 0.3) is 5.91 Å². The van der Waals surface area contributed by atoms with E-state index in [0.29, 0.717) is 17.6 Å². The molecular formula is C22H25BrN6O. The minimum Gasteiger partial charge on any atom is -0.362 e. The number of carbonyl (C=O) groups excluding carboxylic acids is 1. The second-order valence-corrected chi connectivity index (χ2v) is 8.76. The van der Waals surface area contributed by atoms with Crippen molar-refractivity contribution in [2.24, 2.45) is 0 Å². The van der Waals surface area contributed by atoms with E-state index in [1.54, 1.807) is 18.5 Å². The molecule has 2 heterocycles. The first-order chi connectivity index (χ1) is 14.5. The van der Waals surface area contributed by atoms with Gasteiger partial charge in [0, 0.05) is 48.4 Å². The Kier molecular flexibility index (Phi) is 6.13. The van der Waals surface area contributed by atoms with Gasteiger partial charge in [-0.05, 0) is 59.8 Å². The average Bonchev–Trinajstić information content (AvgIpc) is 2.74. The van der Waals surface area contributed by atoms with E-state index >= 15 is 0 Å². The van der Waals surface area contributed by atoms with Crippen LogP contribution in [0.4, 0.5) is 11.8 Å². The van der Waals surface area contributed by atoms with Crippen LogP contribution in [0.3, 0.4) is 0 Å². The van der Waals surface area contributed by atoms with E-state index in [9.17, 15) is 4.79 Å². The van der Waals surface area contributed by atoms with Crippen molar-refractivity contribution in [1.29, 1.82) is 0 Å². The standard InChI is InChI=1S/C22H25BrN6O/c1-29(2)20-18-5-3-4-6-19(18)27-22(28-20)26-17-9-7-16(8-10-17)25-21(30)14-11-15(23)13-24-12-14/h3-6,11-13,16-17H,7-10H2,1-2H3,(H,25,30)(H,26,27,28). The molecule has 0 aliphatic heterocycles. The van der Waals surface area contributed by atoms with Crippen LogP contribution in [0.1, 0.15) is 36.0 Å². The third kappa shape index (κ3) is 4.70. The van der Waals surface area contributed by atoms with Gasteiger partial charge in [0.2, 0.25) is 5.95 Å². The predicted molar refractivity (Wildman–Crippen MR) is 123 cm³/mol. The number of amides is 1. The Morgan fingerprint density at radius 3 is 2.53 bits per heavy atom. The van der Waals surface area contributed by atoms with Gasteiger partial charge in [0.1, 0.15) is 5.82 Å². The molecule has 0 spiro atoms. The maximum Gasteiger partial charge on any atom is 0.253 e. The van der Waals surface area contributed by atoms with E-state index in [-0.39, 0.29) is 11.9 Å². The third-order valence-corrected chi connectivity index (χ3v) is 5.80. The highest BCUT2D eigenvalue weighted by atomic mass is 79.9. The van der Waals surface area contributed by atoms with Crippen LogP contribution in [-0.2, 0) is 0 Å². The topological polar surface area (TPSA) is 83.0 Å². The Bertz CT molecular complexity index is 1050. The normalized spacial score (nSPS) is 18.8. The lowest BCUT2D eigenvalue weighted by atomic mass is 9.91. The number of rotatable bonds is 5. The fraction of sp³-hybridized carbons (Fsp3) is 0.364. The van der Waals surface area contributed by atoms with Gasteiger partial charge in [0.15, 0.2) is 0 Å². The summed E-state index contributed by atoms with van der Waals surface area (Å²) in [6.07, 6.45) is 7.00. The van der Waals surface area contributed by atoms with Crippen molar-refractivity contribution < 1.29 is 4.79 Å². The number of para-hydroxylation sites is 1. The zero-order valence-electron chi connectivity index (χ0n) is 17.1. The van der Waals surface area contributed by atoms with E-state index in [4.69, 9.17) is 9.97 Å². The molecule has 0 atom stereocenters. The third-order valence-electron chi connectivity index (χ3n) is 5.37. The number of nitrogens with one attached hydrogen (secondary N) is 2. The van der Waals surface area contributed by atoms with E-state index in [0.717, 1.165) is 46.9 Å². The second kappa shape index (κ2) is 8.95. The molecule has 1 aromatic carbocycles. The van der Waals surface area contributed by atoms with Crippen LogP contribution in [-0.4, -0.2) is 47.0 Å². The number of carbonyl (C=O) groups is 1. The Labute approximate surface area is 184 Å². The summed E-state index contributed by atoms with van der Waals surface area (Å²) >= 11 is 3.36. The highest BCUT2D eigenvalue weighted by Crippen LogP contribution is 2.26. The Hall–Kier alpha value is -2.74. The van der Waals surface area contributed by atoms with Crippen LogP contribution in [0.5, 0.6) is 0 Å². The largest absolute Gasteiger partial charge is 0.362 e. The molecule has 0 radical (unpaired) electrons. The lowest BCUT2D eigenvalue weighted by Crippen LogP contribution is -2.40. The number of hydrogen-bond donors (Lipinski definition) is 2. The SMILES string of the molecule is CN(C)c1nc(NC2CCC(NC(=O)c3cncc(Br)c3)CC2)nc2ccccc12. The van der Waals surface area contributed by atoms with Crippen LogP contribution in [0.2, 0.25) is 0 Å². The molecule has 1 aliphatic carbocycles. The number of anilines is 2. The molecule has 1 amide bonds. The lowest BCUT2D eigenvalue weighted by molar-refractivity contribution is 0.0926. The Balaban J connectivity index is 1.37. The van der Waals surface area contributed by atoms with Crippen LogP contribution >= 0.6 is 15.9 Å². The fourth-order valence-corrected chi connectivity index (χ4v) is 4.20. The summed E-state index contributed by atoms with van der Waals surface area (Å²) in [6, 6.07) is 10.3. The van der Waals surface area contributed by atoms with Crippen molar-refractivity contribution in [2.45, 2.75) is 37.8 Å². The van der Waals surface area contributed by atoms with Gasteiger partial charge in [0.05, 0.1) is 11.1 Å². The van der Waals surface area contributed by atoms with Crippen molar-refractivity contribution in [2.75, 3.05) is 24.3 Å². The van der Waals surface area contributed by atoms with Gasteiger partial charge in [-0.15, -0.1) is 0 Å². The zero-order valence-corrected chi connectivity index (χ0v) is 18.7. The van der Waals surface area contributed by atoms with Crippen LogP contribution < -0.4 is 15.5 Å². The molecule has 8 heteroatoms. The molecule has 2 N–H and O–H groups in total. The summed E-state index contributed by atoms with van der Waals surface area (Å²) in [5.74, 6) is 1.49. The summed E-state index contributed by atoms with van der Waals surface area (Å²) in [7, 11) is 3.99. The fourth-order valence-electron chi connectivity index (χ4n) is 3.83. The van der Waals surface area contributed by atoms with E-state index in [1.807, 2.05) is 43.3 Å². The Morgan fingerprint density at radius 2 is 1.80 bits per heavy atom. The van der Waals surface area contributed by atoms with E-state index < -0.39 is 0 Å². The van der Waals surface area contributed by atoms with Crippen molar-refractivity contribution >= 4 is 44.5 Å². The summed E-state index contributed by atoms with van der Waals surface area (Å²) < 4.78 is 0.801. The molecule has 30 heavy (non-hydrogen) atoms. The zero-order chi connectivity index (χ0) is 21.1. The van der Waals surface area contributed by atoms with Gasteiger partial charge in [-0.1, -0.05) is 12.1 Å². The quantitative estimate of drug-likeness (QED) is 0.588. The van der Waals surface area contributed by atoms with Gasteiger partial charge >= 0.3 is 0 Å². The molecule has 2 aromatic heterocycles. The minimum absolute atomic E-state index is 0.0753. The smallest absolute Gasteiger partial charge is 0.253 e. The molecule has 1 aliphatic rings. The van der Waals surface area contributed by atoms with Crippen molar-refractivity contribution in [3.05, 3.63) is 52.8 Å². The van der Waals surface area contributed by atoms with Gasteiger partial charge in [-0.3, -0.25) is 9.78 Å². The number of nitrogens with zero attached hydrogens (tertiary/aromatic N) is 4. The summed E-state index contributed by atoms with van der Waals surface area (Å²) in [5.41, 5.74) is 1.51. The number of benzene rings is 1. The number of aromatic nitrogens is 3. The molecule has 4 rings (SSSR count). The first-order valence-electron chi connectivity index (χ1n) is 10.1. The number of pyridine rings is 1. The first kappa shape index (κ1) is 20.5. The lowest BCUT2D eigenvalue weighted by Gasteiger charge is -2.30. The summed E-state index contributed by atoms with van der Waals surface area (Å²) in [5, 5.41) is 7.68. The number of fused-ring (bicyclic) bond motifs is 1. The van der Waals surface area contributed by atoms with Gasteiger partial charge in [-0.25, -0.2) is 4.98 Å². The number of hydrogen-bond acceptors (Lipinski definition) is 6. The number of halogens is 1. The van der Waals surface area contributed by atoms with E-state index in [1.165, 1.54) is 0 Å².